The van der Waals surface area contributed by atoms with E-state index in [0.717, 1.165) is 89.9 Å². The maximum atomic E-state index is 13.5. The highest BCUT2D eigenvalue weighted by atomic mass is 31.2. The third-order valence-electron chi connectivity index (χ3n) is 14.3. The Labute approximate surface area is 488 Å². The standard InChI is InChI=1S/C69H125N2O7P/c1-7-10-13-16-19-22-25-27-29-31-32-33-34-35-36-37-38-40-42-44-47-50-53-56-59-62-69(73)78-67(60-57-54-51-48-45-24-21-18-15-12-9-3)66(65-77-79(74,75)76-64-63-71(4,5)6)70-68(72)61-58-55-52-49-46-43-41-39-30-28-26-23-20-17-14-11-8-2/h19-20,22-23,27-30,32-33,41,43,57,60,66-67H,7-18,21,24-26,31,34-40,42,44-56,58-59,61-65H2,1-6H3,(H-,70,72,74,75)/b22-19-,23-20-,29-27-,30-28-,33-32-,43-41-,60-57-. The molecule has 0 saturated heterocycles. The number of phosphoric acid groups is 1. The minimum atomic E-state index is -4.71. The average Bonchev–Trinajstić information content (AvgIpc) is 3.41. The van der Waals surface area contributed by atoms with Crippen molar-refractivity contribution in [2.75, 3.05) is 40.9 Å². The molecule has 0 aromatic rings. The Morgan fingerprint density at radius 2 is 0.772 bits per heavy atom. The van der Waals surface area contributed by atoms with Gasteiger partial charge in [0, 0.05) is 12.8 Å². The topological polar surface area (TPSA) is 114 Å². The van der Waals surface area contributed by atoms with Crippen LogP contribution in [0, 0.1) is 0 Å². The van der Waals surface area contributed by atoms with Gasteiger partial charge >= 0.3 is 5.97 Å². The second-order valence-electron chi connectivity index (χ2n) is 23.3. The number of hydrogen-bond donors (Lipinski definition) is 1. The van der Waals surface area contributed by atoms with Crippen molar-refractivity contribution in [3.8, 4) is 0 Å². The van der Waals surface area contributed by atoms with Crippen molar-refractivity contribution in [2.24, 2.45) is 0 Å². The number of hydrogen-bond acceptors (Lipinski definition) is 7. The Bertz CT molecular complexity index is 1630. The highest BCUT2D eigenvalue weighted by Gasteiger charge is 2.27. The minimum absolute atomic E-state index is 0.0299. The molecule has 0 rings (SSSR count). The zero-order chi connectivity index (χ0) is 57.9. The van der Waals surface area contributed by atoms with Gasteiger partial charge in [-0.2, -0.15) is 0 Å². The summed E-state index contributed by atoms with van der Waals surface area (Å²) in [6, 6.07) is -0.904. The molecule has 79 heavy (non-hydrogen) atoms. The Kier molecular flexibility index (Phi) is 56.3. The van der Waals surface area contributed by atoms with E-state index in [1.807, 2.05) is 33.3 Å². The van der Waals surface area contributed by atoms with Crippen molar-refractivity contribution in [3.05, 3.63) is 85.1 Å². The fraction of sp³-hybridized carbons (Fsp3) is 0.768. The molecule has 0 radical (unpaired) electrons. The summed E-state index contributed by atoms with van der Waals surface area (Å²) in [7, 11) is 1.16. The smallest absolute Gasteiger partial charge is 0.306 e. The minimum Gasteiger partial charge on any atom is -0.756 e. The number of phosphoric ester groups is 1. The second kappa shape index (κ2) is 58.4. The Hall–Kier alpha value is -2.81. The van der Waals surface area contributed by atoms with Gasteiger partial charge in [0.15, 0.2) is 0 Å². The lowest BCUT2D eigenvalue weighted by molar-refractivity contribution is -0.870. The van der Waals surface area contributed by atoms with E-state index in [2.05, 4.69) is 99.0 Å². The largest absolute Gasteiger partial charge is 0.756 e. The van der Waals surface area contributed by atoms with Gasteiger partial charge in [0.25, 0.3) is 7.82 Å². The van der Waals surface area contributed by atoms with Crippen LogP contribution in [0.5, 0.6) is 0 Å². The lowest BCUT2D eigenvalue weighted by Crippen LogP contribution is -2.47. The van der Waals surface area contributed by atoms with Crippen LogP contribution in [0.3, 0.4) is 0 Å². The van der Waals surface area contributed by atoms with Gasteiger partial charge in [0.2, 0.25) is 5.91 Å². The molecule has 0 aliphatic heterocycles. The Balaban J connectivity index is 5.12. The summed E-state index contributed by atoms with van der Waals surface area (Å²) >= 11 is 0. The van der Waals surface area contributed by atoms with Crippen molar-refractivity contribution in [1.29, 1.82) is 0 Å². The summed E-state index contributed by atoms with van der Waals surface area (Å²) in [6.07, 6.45) is 77.0. The number of nitrogens with one attached hydrogen (secondary N) is 1. The van der Waals surface area contributed by atoms with Crippen LogP contribution in [0.1, 0.15) is 290 Å². The lowest BCUT2D eigenvalue weighted by Gasteiger charge is -2.30. The van der Waals surface area contributed by atoms with Crippen LogP contribution in [0.15, 0.2) is 85.1 Å². The van der Waals surface area contributed by atoms with Crippen molar-refractivity contribution >= 4 is 19.7 Å². The molecule has 0 bridgehead atoms. The predicted molar refractivity (Wildman–Crippen MR) is 339 cm³/mol. The first-order valence-electron chi connectivity index (χ1n) is 32.9. The molecule has 3 atom stereocenters. The van der Waals surface area contributed by atoms with Crippen LogP contribution >= 0.6 is 7.82 Å². The van der Waals surface area contributed by atoms with Crippen molar-refractivity contribution in [2.45, 2.75) is 303 Å². The van der Waals surface area contributed by atoms with E-state index in [1.54, 1.807) is 0 Å². The van der Waals surface area contributed by atoms with Crippen LogP contribution in [-0.4, -0.2) is 69.4 Å². The molecule has 0 aliphatic rings. The molecule has 0 fully saturated rings. The number of rotatable bonds is 59. The number of carbonyl (C=O) groups excluding carboxylic acids is 2. The van der Waals surface area contributed by atoms with Crippen molar-refractivity contribution in [3.63, 3.8) is 0 Å². The van der Waals surface area contributed by atoms with Gasteiger partial charge in [-0.3, -0.25) is 14.2 Å². The first kappa shape index (κ1) is 76.2. The molecule has 0 aliphatic carbocycles. The quantitative estimate of drug-likeness (QED) is 0.0212. The van der Waals surface area contributed by atoms with Crippen LogP contribution in [0.25, 0.3) is 0 Å². The second-order valence-corrected chi connectivity index (χ2v) is 24.7. The zero-order valence-corrected chi connectivity index (χ0v) is 53.2. The molecule has 0 spiro atoms. The molecule has 10 heteroatoms. The third-order valence-corrected chi connectivity index (χ3v) is 15.3. The number of carbonyl (C=O) groups is 2. The highest BCUT2D eigenvalue weighted by Crippen LogP contribution is 2.38. The van der Waals surface area contributed by atoms with E-state index in [4.69, 9.17) is 13.8 Å². The number of ether oxygens (including phenoxy) is 1. The maximum absolute atomic E-state index is 13.5. The Morgan fingerprint density at radius 3 is 1.18 bits per heavy atom. The SMILES string of the molecule is CCCCC/C=C\C/C=C\C/C=C\CCCCCCCCCCCCCCC(=O)OC(/C=C\CCCCCCCCCCC)C(COP(=O)([O-])OCC[N+](C)(C)C)NC(=O)CCCCCC/C=C\C/C=C\C/C=C\CCCCC. The van der Waals surface area contributed by atoms with E-state index >= 15 is 0 Å². The molecular weight excluding hydrogens is 1000 g/mol. The molecule has 1 amide bonds. The first-order valence-corrected chi connectivity index (χ1v) is 34.4. The van der Waals surface area contributed by atoms with E-state index in [1.165, 1.54) is 161 Å². The van der Waals surface area contributed by atoms with Gasteiger partial charge in [-0.1, -0.05) is 254 Å². The monoisotopic (exact) mass is 1120 g/mol. The maximum Gasteiger partial charge on any atom is 0.306 e. The van der Waals surface area contributed by atoms with E-state index < -0.39 is 26.6 Å². The lowest BCUT2D eigenvalue weighted by atomic mass is 10.0. The molecule has 0 saturated carbocycles. The van der Waals surface area contributed by atoms with Crippen LogP contribution in [-0.2, 0) is 27.9 Å². The Morgan fingerprint density at radius 1 is 0.443 bits per heavy atom. The van der Waals surface area contributed by atoms with Gasteiger partial charge in [0.1, 0.15) is 19.3 Å². The number of quaternary nitrogens is 1. The molecule has 9 nitrogen and oxygen atoms in total. The van der Waals surface area contributed by atoms with Gasteiger partial charge < -0.3 is 28.5 Å². The molecule has 3 unspecified atom stereocenters. The van der Waals surface area contributed by atoms with Crippen molar-refractivity contribution < 1.29 is 37.3 Å². The molecular formula is C69H125N2O7P. The number of likely N-dealkylation sites (N-methyl/N-ethyl adjacent to an activating group) is 1. The van der Waals surface area contributed by atoms with Gasteiger partial charge in [0.05, 0.1) is 33.8 Å². The number of unbranched alkanes of at least 4 members (excludes halogenated alkanes) is 31. The number of amides is 1. The zero-order valence-electron chi connectivity index (χ0n) is 52.3. The summed E-state index contributed by atoms with van der Waals surface area (Å²) in [5.41, 5.74) is 0. The van der Waals surface area contributed by atoms with E-state index in [-0.39, 0.29) is 31.3 Å². The summed E-state index contributed by atoms with van der Waals surface area (Å²) in [5.74, 6) is -0.567. The molecule has 0 aromatic carbocycles. The average molecular weight is 1130 g/mol. The molecule has 0 heterocycles. The van der Waals surface area contributed by atoms with Gasteiger partial charge in [-0.15, -0.1) is 0 Å². The normalized spacial score (nSPS) is 14.2. The number of nitrogens with zero attached hydrogens (tertiary/aromatic N) is 1. The first-order chi connectivity index (χ1) is 38.4. The van der Waals surface area contributed by atoms with Gasteiger partial charge in [-0.25, -0.2) is 0 Å². The van der Waals surface area contributed by atoms with E-state index in [9.17, 15) is 19.0 Å². The third kappa shape index (κ3) is 59.6. The molecule has 458 valence electrons. The van der Waals surface area contributed by atoms with Crippen molar-refractivity contribution in [1.82, 2.24) is 5.32 Å². The van der Waals surface area contributed by atoms with Gasteiger partial charge in [-0.05, 0) is 109 Å². The summed E-state index contributed by atoms with van der Waals surface area (Å²) in [5, 5.41) is 3.02. The van der Waals surface area contributed by atoms with Crippen LogP contribution in [0.2, 0.25) is 0 Å². The number of esters is 1. The fourth-order valence-electron chi connectivity index (χ4n) is 9.18. The van der Waals surface area contributed by atoms with E-state index in [0.29, 0.717) is 17.4 Å². The number of allylic oxidation sites excluding steroid dienone is 13. The van der Waals surface area contributed by atoms with Crippen LogP contribution < -0.4 is 10.2 Å². The predicted octanol–water partition coefficient (Wildman–Crippen LogP) is 19.9. The molecule has 1 N–H and O–H groups in total. The summed E-state index contributed by atoms with van der Waals surface area (Å²) in [6.45, 7) is 6.77. The summed E-state index contributed by atoms with van der Waals surface area (Å²) in [4.78, 5) is 40.0. The summed E-state index contributed by atoms with van der Waals surface area (Å²) < 4.78 is 30.3. The van der Waals surface area contributed by atoms with Crippen LogP contribution in [0.4, 0.5) is 0 Å². The molecule has 0 aromatic heterocycles. The highest BCUT2D eigenvalue weighted by molar-refractivity contribution is 7.45. The fourth-order valence-corrected chi connectivity index (χ4v) is 9.91.